The SMILES string of the molecule is CCC(=O)OC1CCC2C3CCC4=CC(=O)CCC4(C)C3CCC12C.COc1cc2c(cc1OC)C1C(=O)c3ccc4c(c3OC1CO2)CC(C(C)C)O4. The lowest BCUT2D eigenvalue weighted by Crippen LogP contribution is -2.51. The van der Waals surface area contributed by atoms with E-state index >= 15 is 0 Å². The summed E-state index contributed by atoms with van der Waals surface area (Å²) in [6.07, 6.45) is 11.7. The van der Waals surface area contributed by atoms with Gasteiger partial charge in [-0.3, -0.25) is 14.4 Å². The van der Waals surface area contributed by atoms with Gasteiger partial charge in [0.1, 0.15) is 42.2 Å². The quantitative estimate of drug-likeness (QED) is 0.279. The van der Waals surface area contributed by atoms with Crippen molar-refractivity contribution in [1.29, 1.82) is 0 Å². The molecule has 0 bridgehead atoms. The number of hydrogen-bond donors (Lipinski definition) is 0. The van der Waals surface area contributed by atoms with Crippen molar-refractivity contribution in [2.45, 2.75) is 123 Å². The molecule has 4 aliphatic carbocycles. The summed E-state index contributed by atoms with van der Waals surface area (Å²) in [5, 5.41) is 0. The summed E-state index contributed by atoms with van der Waals surface area (Å²) in [4.78, 5) is 37.3. The summed E-state index contributed by atoms with van der Waals surface area (Å²) in [7, 11) is 3.16. The molecule has 290 valence electrons. The maximum atomic E-state index is 13.5. The first-order valence-corrected chi connectivity index (χ1v) is 20.3. The number of ketones is 2. The van der Waals surface area contributed by atoms with Crippen molar-refractivity contribution < 1.29 is 42.8 Å². The molecule has 3 saturated carbocycles. The Balaban J connectivity index is 0.000000155. The summed E-state index contributed by atoms with van der Waals surface area (Å²) in [6.45, 7) is 11.3. The van der Waals surface area contributed by atoms with Crippen LogP contribution >= 0.6 is 0 Å². The first-order valence-electron chi connectivity index (χ1n) is 20.3. The molecule has 2 aromatic rings. The van der Waals surface area contributed by atoms with Gasteiger partial charge in [-0.1, -0.05) is 40.2 Å². The molecule has 0 radical (unpaired) electrons. The standard InChI is InChI=1S/C23H24O6.C22H32O3/c1-11(2)16-8-14-15(28-16)6-5-12-22(24)21-13-7-18(25-3)19(26-4)9-17(13)27-10-20(21)29-23(12)14;1-4-20(24)25-19-8-7-17-16-6-5-14-13-15(23)9-11-21(14,2)18(16)10-12-22(17,19)3/h5-7,9,11,16,20-21H,8,10H2,1-4H3;13,16-19H,4-12H2,1-3H3. The Hall–Kier alpha value is -4.01. The summed E-state index contributed by atoms with van der Waals surface area (Å²) in [5.41, 5.74) is 4.20. The van der Waals surface area contributed by atoms with Crippen LogP contribution in [0.3, 0.4) is 0 Å². The smallest absolute Gasteiger partial charge is 0.305 e. The second-order valence-corrected chi connectivity index (χ2v) is 17.5. The number of carbonyl (C=O) groups excluding carboxylic acids is 3. The van der Waals surface area contributed by atoms with Gasteiger partial charge in [-0.25, -0.2) is 0 Å². The molecule has 9 heteroatoms. The number of benzene rings is 2. The normalized spacial score (nSPS) is 34.0. The van der Waals surface area contributed by atoms with Crippen molar-refractivity contribution in [1.82, 2.24) is 0 Å². The molecule has 0 saturated heterocycles. The zero-order chi connectivity index (χ0) is 38.1. The van der Waals surface area contributed by atoms with Crippen molar-refractivity contribution in [2.24, 2.45) is 34.5 Å². The number of esters is 1. The molecule has 0 spiro atoms. The van der Waals surface area contributed by atoms with Gasteiger partial charge < -0.3 is 28.4 Å². The van der Waals surface area contributed by atoms with Gasteiger partial charge in [0.15, 0.2) is 23.1 Å². The van der Waals surface area contributed by atoms with Crippen LogP contribution in [0.4, 0.5) is 0 Å². The first-order chi connectivity index (χ1) is 25.9. The summed E-state index contributed by atoms with van der Waals surface area (Å²) < 4.78 is 35.0. The van der Waals surface area contributed by atoms with Crippen LogP contribution < -0.4 is 23.7 Å². The van der Waals surface area contributed by atoms with Gasteiger partial charge in [0.25, 0.3) is 0 Å². The second kappa shape index (κ2) is 13.9. The zero-order valence-electron chi connectivity index (χ0n) is 33.0. The molecular formula is C45H56O9. The van der Waals surface area contributed by atoms with Crippen molar-refractivity contribution in [3.8, 4) is 28.7 Å². The number of Topliss-reactive ketones (excluding diaryl/α,β-unsaturated/α-hetero) is 1. The van der Waals surface area contributed by atoms with Gasteiger partial charge in [0, 0.05) is 41.9 Å². The average molecular weight is 741 g/mol. The molecule has 9 unspecified atom stereocenters. The lowest BCUT2D eigenvalue weighted by molar-refractivity contribution is -0.159. The molecule has 9 rings (SSSR count). The van der Waals surface area contributed by atoms with E-state index in [0.717, 1.165) is 61.3 Å². The minimum absolute atomic E-state index is 0.0411. The minimum Gasteiger partial charge on any atom is -0.493 e. The van der Waals surface area contributed by atoms with E-state index in [1.807, 2.05) is 31.2 Å². The second-order valence-electron chi connectivity index (χ2n) is 17.5. The number of rotatable bonds is 5. The molecule has 0 aromatic heterocycles. The van der Waals surface area contributed by atoms with E-state index < -0.39 is 5.92 Å². The third kappa shape index (κ3) is 5.90. The molecule has 9 nitrogen and oxygen atoms in total. The van der Waals surface area contributed by atoms with E-state index in [0.29, 0.717) is 65.1 Å². The highest BCUT2D eigenvalue weighted by atomic mass is 16.6. The lowest BCUT2D eigenvalue weighted by Gasteiger charge is -2.57. The number of hydrogen-bond acceptors (Lipinski definition) is 9. The van der Waals surface area contributed by atoms with Crippen molar-refractivity contribution >= 4 is 17.5 Å². The van der Waals surface area contributed by atoms with Gasteiger partial charge in [0.2, 0.25) is 0 Å². The number of carbonyl (C=O) groups is 3. The maximum Gasteiger partial charge on any atom is 0.305 e. The third-order valence-electron chi connectivity index (χ3n) is 14.5. The zero-order valence-corrected chi connectivity index (χ0v) is 33.0. The molecule has 2 aromatic carbocycles. The van der Waals surface area contributed by atoms with E-state index in [4.69, 9.17) is 28.4 Å². The van der Waals surface area contributed by atoms with E-state index in [-0.39, 0.29) is 40.9 Å². The Morgan fingerprint density at radius 2 is 1.70 bits per heavy atom. The molecule has 3 fully saturated rings. The molecule has 3 heterocycles. The third-order valence-corrected chi connectivity index (χ3v) is 14.5. The topological polar surface area (TPSA) is 107 Å². The molecule has 9 atom stereocenters. The molecule has 0 N–H and O–H groups in total. The Morgan fingerprint density at radius 1 is 0.926 bits per heavy atom. The van der Waals surface area contributed by atoms with Gasteiger partial charge >= 0.3 is 5.97 Å². The van der Waals surface area contributed by atoms with Crippen LogP contribution in [-0.2, 0) is 20.7 Å². The molecular weight excluding hydrogens is 684 g/mol. The van der Waals surface area contributed by atoms with Crippen LogP contribution in [0.2, 0.25) is 0 Å². The van der Waals surface area contributed by atoms with E-state index in [2.05, 4.69) is 27.7 Å². The van der Waals surface area contributed by atoms with Crippen molar-refractivity contribution in [3.63, 3.8) is 0 Å². The van der Waals surface area contributed by atoms with Crippen LogP contribution in [0.5, 0.6) is 28.7 Å². The van der Waals surface area contributed by atoms with Gasteiger partial charge in [-0.15, -0.1) is 0 Å². The molecule has 3 aliphatic heterocycles. The average Bonchev–Trinajstić information content (AvgIpc) is 3.76. The fourth-order valence-corrected chi connectivity index (χ4v) is 11.4. The highest BCUT2D eigenvalue weighted by Gasteiger charge is 2.60. The van der Waals surface area contributed by atoms with Crippen LogP contribution in [0.25, 0.3) is 0 Å². The van der Waals surface area contributed by atoms with Crippen LogP contribution in [0.1, 0.15) is 120 Å². The highest BCUT2D eigenvalue weighted by Crippen LogP contribution is 2.65. The fraction of sp³-hybridized carbons (Fsp3) is 0.622. The summed E-state index contributed by atoms with van der Waals surface area (Å²) in [6, 6.07) is 7.32. The van der Waals surface area contributed by atoms with Gasteiger partial charge in [-0.2, -0.15) is 0 Å². The predicted molar refractivity (Wildman–Crippen MR) is 203 cm³/mol. The fourth-order valence-electron chi connectivity index (χ4n) is 11.4. The summed E-state index contributed by atoms with van der Waals surface area (Å²) in [5.74, 6) is 5.65. The van der Waals surface area contributed by atoms with Gasteiger partial charge in [0.05, 0.1) is 25.7 Å². The molecule has 54 heavy (non-hydrogen) atoms. The van der Waals surface area contributed by atoms with E-state index in [1.165, 1.54) is 24.8 Å². The maximum absolute atomic E-state index is 13.5. The summed E-state index contributed by atoms with van der Waals surface area (Å²) >= 11 is 0. The number of allylic oxidation sites excluding steroid dienone is 1. The monoisotopic (exact) mass is 740 g/mol. The lowest BCUT2D eigenvalue weighted by atomic mass is 9.47. The van der Waals surface area contributed by atoms with Crippen molar-refractivity contribution in [3.05, 3.63) is 52.6 Å². The number of fused-ring (bicyclic) bond motifs is 11. The number of methoxy groups -OCH3 is 2. The van der Waals surface area contributed by atoms with Gasteiger partial charge in [-0.05, 0) is 98.3 Å². The predicted octanol–water partition coefficient (Wildman–Crippen LogP) is 8.62. The Bertz CT molecular complexity index is 1880. The largest absolute Gasteiger partial charge is 0.493 e. The van der Waals surface area contributed by atoms with E-state index in [9.17, 15) is 14.4 Å². The minimum atomic E-state index is -0.438. The molecule has 7 aliphatic rings. The number of ether oxygens (including phenoxy) is 6. The van der Waals surface area contributed by atoms with Crippen LogP contribution in [0, 0.1) is 34.5 Å². The molecule has 0 amide bonds. The van der Waals surface area contributed by atoms with Crippen LogP contribution in [-0.4, -0.2) is 56.7 Å². The van der Waals surface area contributed by atoms with E-state index in [1.54, 1.807) is 20.3 Å². The Morgan fingerprint density at radius 3 is 2.44 bits per heavy atom. The Kier molecular flexibility index (Phi) is 9.53. The first kappa shape index (κ1) is 36.9. The van der Waals surface area contributed by atoms with Crippen molar-refractivity contribution in [2.75, 3.05) is 20.8 Å². The van der Waals surface area contributed by atoms with Crippen LogP contribution in [0.15, 0.2) is 35.9 Å². The highest BCUT2D eigenvalue weighted by molar-refractivity contribution is 6.06. The Labute approximate surface area is 319 Å².